The molecule has 8 heteroatoms. The van der Waals surface area contributed by atoms with Gasteiger partial charge >= 0.3 is 6.29 Å². The van der Waals surface area contributed by atoms with E-state index in [-0.39, 0.29) is 22.7 Å². The van der Waals surface area contributed by atoms with E-state index in [9.17, 15) is 13.6 Å². The summed E-state index contributed by atoms with van der Waals surface area (Å²) in [5.74, 6) is -0.576. The summed E-state index contributed by atoms with van der Waals surface area (Å²) in [5, 5.41) is 3.53. The number of pyridine rings is 1. The first-order valence-electron chi connectivity index (χ1n) is 7.17. The largest absolute Gasteiger partial charge is 0.586 e. The van der Waals surface area contributed by atoms with Crippen LogP contribution < -0.4 is 14.8 Å². The number of hydrogen-bond acceptors (Lipinski definition) is 5. The predicted molar refractivity (Wildman–Crippen MR) is 85.8 cm³/mol. The van der Waals surface area contributed by atoms with Crippen molar-refractivity contribution in [1.82, 2.24) is 4.98 Å². The fourth-order valence-electron chi connectivity index (χ4n) is 2.11. The minimum Gasteiger partial charge on any atom is -0.395 e. The molecule has 1 aliphatic rings. The number of thioether (sulfide) groups is 1. The van der Waals surface area contributed by atoms with E-state index in [0.29, 0.717) is 16.3 Å². The van der Waals surface area contributed by atoms with E-state index in [0.717, 1.165) is 0 Å². The minimum absolute atomic E-state index is 0.0737. The van der Waals surface area contributed by atoms with Crippen molar-refractivity contribution in [1.29, 1.82) is 0 Å². The van der Waals surface area contributed by atoms with E-state index in [2.05, 4.69) is 19.8 Å². The molecule has 1 aromatic carbocycles. The van der Waals surface area contributed by atoms with Crippen LogP contribution in [0.25, 0.3) is 0 Å². The molecule has 2 aromatic rings. The number of aromatic nitrogens is 1. The van der Waals surface area contributed by atoms with E-state index in [1.165, 1.54) is 30.0 Å². The van der Waals surface area contributed by atoms with Gasteiger partial charge in [0.25, 0.3) is 5.91 Å². The van der Waals surface area contributed by atoms with Crippen molar-refractivity contribution in [2.45, 2.75) is 30.4 Å². The molecule has 1 amide bonds. The standard InChI is InChI=1S/C16H14F2N2O3S/c1-9(2)24-15-11(4-3-7-19-15)14(21)20-10-5-6-12-13(8-10)23-16(17,18)22-12/h3-9H,1-2H3,(H,20,21). The summed E-state index contributed by atoms with van der Waals surface area (Å²) >= 11 is 1.47. The molecule has 0 saturated carbocycles. The average Bonchev–Trinajstić information content (AvgIpc) is 2.80. The highest BCUT2D eigenvalue weighted by Gasteiger charge is 2.43. The molecule has 1 N–H and O–H groups in total. The van der Waals surface area contributed by atoms with Crippen LogP contribution in [0.1, 0.15) is 24.2 Å². The Morgan fingerprint density at radius 2 is 2.00 bits per heavy atom. The van der Waals surface area contributed by atoms with E-state index in [4.69, 9.17) is 0 Å². The minimum atomic E-state index is -3.69. The highest BCUT2D eigenvalue weighted by molar-refractivity contribution is 7.99. The van der Waals surface area contributed by atoms with Gasteiger partial charge in [-0.25, -0.2) is 4.98 Å². The van der Waals surface area contributed by atoms with Gasteiger partial charge in [0.15, 0.2) is 11.5 Å². The van der Waals surface area contributed by atoms with Gasteiger partial charge in [0.2, 0.25) is 0 Å². The van der Waals surface area contributed by atoms with Crippen LogP contribution in [0.2, 0.25) is 0 Å². The number of nitrogens with one attached hydrogen (secondary N) is 1. The number of anilines is 1. The second-order valence-electron chi connectivity index (χ2n) is 5.31. The van der Waals surface area contributed by atoms with Crippen molar-refractivity contribution in [2.75, 3.05) is 5.32 Å². The lowest BCUT2D eigenvalue weighted by Crippen LogP contribution is -2.25. The average molecular weight is 352 g/mol. The Hall–Kier alpha value is -2.35. The van der Waals surface area contributed by atoms with Crippen molar-refractivity contribution in [3.05, 3.63) is 42.1 Å². The molecular weight excluding hydrogens is 338 g/mol. The quantitative estimate of drug-likeness (QED) is 0.838. The van der Waals surface area contributed by atoms with Crippen LogP contribution in [-0.4, -0.2) is 22.4 Å². The molecule has 2 heterocycles. The van der Waals surface area contributed by atoms with Gasteiger partial charge in [-0.2, -0.15) is 0 Å². The number of rotatable bonds is 4. The molecule has 0 fully saturated rings. The number of benzene rings is 1. The van der Waals surface area contributed by atoms with Crippen molar-refractivity contribution in [3.8, 4) is 11.5 Å². The fraction of sp³-hybridized carbons (Fsp3) is 0.250. The zero-order valence-corrected chi connectivity index (χ0v) is 13.7. The highest BCUT2D eigenvalue weighted by Crippen LogP contribution is 2.42. The second kappa shape index (κ2) is 6.27. The van der Waals surface area contributed by atoms with Crippen LogP contribution in [-0.2, 0) is 0 Å². The van der Waals surface area contributed by atoms with E-state index >= 15 is 0 Å². The number of nitrogens with zero attached hydrogens (tertiary/aromatic N) is 1. The van der Waals surface area contributed by atoms with Gasteiger partial charge in [-0.05, 0) is 24.3 Å². The highest BCUT2D eigenvalue weighted by atomic mass is 32.2. The fourth-order valence-corrected chi connectivity index (χ4v) is 2.96. The summed E-state index contributed by atoms with van der Waals surface area (Å²) in [6.07, 6.45) is -2.07. The summed E-state index contributed by atoms with van der Waals surface area (Å²) in [6, 6.07) is 7.40. The maximum Gasteiger partial charge on any atom is 0.586 e. The third kappa shape index (κ3) is 3.59. The normalized spacial score (nSPS) is 14.7. The first kappa shape index (κ1) is 16.5. The summed E-state index contributed by atoms with van der Waals surface area (Å²) in [5.41, 5.74) is 0.739. The van der Waals surface area contributed by atoms with Crippen LogP contribution >= 0.6 is 11.8 Å². The first-order valence-corrected chi connectivity index (χ1v) is 8.05. The van der Waals surface area contributed by atoms with Crippen LogP contribution in [0.3, 0.4) is 0 Å². The monoisotopic (exact) mass is 352 g/mol. The van der Waals surface area contributed by atoms with Crippen molar-refractivity contribution in [3.63, 3.8) is 0 Å². The SMILES string of the molecule is CC(C)Sc1ncccc1C(=O)Nc1ccc2c(c1)OC(F)(F)O2. The third-order valence-electron chi connectivity index (χ3n) is 3.02. The zero-order chi connectivity index (χ0) is 17.3. The summed E-state index contributed by atoms with van der Waals surface area (Å²) in [4.78, 5) is 16.7. The lowest BCUT2D eigenvalue weighted by molar-refractivity contribution is -0.286. The Morgan fingerprint density at radius 1 is 1.25 bits per heavy atom. The molecule has 0 bridgehead atoms. The number of carbonyl (C=O) groups is 1. The lowest BCUT2D eigenvalue weighted by atomic mass is 10.2. The lowest BCUT2D eigenvalue weighted by Gasteiger charge is -2.10. The number of alkyl halides is 2. The molecule has 1 aliphatic heterocycles. The van der Waals surface area contributed by atoms with Gasteiger partial charge in [0.1, 0.15) is 5.03 Å². The number of halogens is 2. The maximum absolute atomic E-state index is 13.0. The Bertz CT molecular complexity index is 784. The summed E-state index contributed by atoms with van der Waals surface area (Å²) in [6.45, 7) is 4.00. The molecule has 0 unspecified atom stereocenters. The molecule has 0 atom stereocenters. The molecule has 3 rings (SSSR count). The van der Waals surface area contributed by atoms with Gasteiger partial charge in [0, 0.05) is 23.2 Å². The Labute approximate surface area is 141 Å². The zero-order valence-electron chi connectivity index (χ0n) is 12.9. The van der Waals surface area contributed by atoms with Crippen LogP contribution in [0.15, 0.2) is 41.6 Å². The van der Waals surface area contributed by atoms with E-state index in [1.807, 2.05) is 13.8 Å². The first-order chi connectivity index (χ1) is 11.3. The molecule has 24 heavy (non-hydrogen) atoms. The smallest absolute Gasteiger partial charge is 0.395 e. The van der Waals surface area contributed by atoms with Crippen LogP contribution in [0, 0.1) is 0 Å². The molecule has 0 aliphatic carbocycles. The number of amides is 1. The Balaban J connectivity index is 1.79. The molecular formula is C16H14F2N2O3S. The molecule has 0 spiro atoms. The Morgan fingerprint density at radius 3 is 2.75 bits per heavy atom. The predicted octanol–water partition coefficient (Wildman–Crippen LogP) is 4.16. The molecule has 0 radical (unpaired) electrons. The Kier molecular flexibility index (Phi) is 4.31. The third-order valence-corrected chi connectivity index (χ3v) is 4.04. The molecule has 1 aromatic heterocycles. The van der Waals surface area contributed by atoms with Crippen LogP contribution in [0.4, 0.5) is 14.5 Å². The second-order valence-corrected chi connectivity index (χ2v) is 6.87. The molecule has 0 saturated heterocycles. The number of ether oxygens (including phenoxy) is 2. The van der Waals surface area contributed by atoms with Gasteiger partial charge in [0.05, 0.1) is 5.56 Å². The number of carbonyl (C=O) groups excluding carboxylic acids is 1. The van der Waals surface area contributed by atoms with E-state index in [1.54, 1.807) is 18.3 Å². The van der Waals surface area contributed by atoms with Gasteiger partial charge in [-0.15, -0.1) is 20.5 Å². The van der Waals surface area contributed by atoms with E-state index < -0.39 is 6.29 Å². The number of hydrogen-bond donors (Lipinski definition) is 1. The molecule has 5 nitrogen and oxygen atoms in total. The van der Waals surface area contributed by atoms with Crippen molar-refractivity contribution >= 4 is 23.4 Å². The molecule has 126 valence electrons. The topological polar surface area (TPSA) is 60.5 Å². The summed E-state index contributed by atoms with van der Waals surface area (Å²) < 4.78 is 34.8. The van der Waals surface area contributed by atoms with Gasteiger partial charge in [-0.3, -0.25) is 4.79 Å². The maximum atomic E-state index is 13.0. The van der Waals surface area contributed by atoms with Crippen LogP contribution in [0.5, 0.6) is 11.5 Å². The number of fused-ring (bicyclic) bond motifs is 1. The van der Waals surface area contributed by atoms with Gasteiger partial charge in [-0.1, -0.05) is 13.8 Å². The van der Waals surface area contributed by atoms with Crippen molar-refractivity contribution < 1.29 is 23.0 Å². The summed E-state index contributed by atoms with van der Waals surface area (Å²) in [7, 11) is 0. The van der Waals surface area contributed by atoms with Crippen molar-refractivity contribution in [2.24, 2.45) is 0 Å². The van der Waals surface area contributed by atoms with Gasteiger partial charge < -0.3 is 14.8 Å².